The Balaban J connectivity index is 4.29. The summed E-state index contributed by atoms with van der Waals surface area (Å²) in [5.74, 6) is -0.396. The average molecular weight is 980 g/mol. The van der Waals surface area contributed by atoms with Crippen molar-refractivity contribution in [2.75, 3.05) is 19.8 Å². The van der Waals surface area contributed by atoms with Crippen LogP contribution in [0.2, 0.25) is 0 Å². The molecule has 0 spiro atoms. The third-order valence-corrected chi connectivity index (χ3v) is 13.5. The number of hydrogen-bond acceptors (Lipinski definition) is 5. The van der Waals surface area contributed by atoms with Crippen molar-refractivity contribution >= 4 is 11.9 Å². The standard InChI is InChI=1S/C65H118O5/c1-4-7-10-13-16-19-22-25-28-31-32-33-36-39-42-45-48-51-54-57-60-68-61-63(70-65(67)59-56-53-50-47-44-41-38-35-30-27-24-21-18-15-12-9-6-3)62-69-64(66)58-55-52-49-46-43-40-37-34-29-26-23-20-17-14-11-8-5-2/h16-17,19-20,25-26,28-29,32-33,63H,4-15,18,21-24,27,30-31,34-62H2,1-3H3/b19-16-,20-17-,28-25-,29-26-,33-32-. The van der Waals surface area contributed by atoms with Gasteiger partial charge in [-0.2, -0.15) is 0 Å². The minimum absolute atomic E-state index is 0.0794. The zero-order valence-electron chi connectivity index (χ0n) is 47.0. The highest BCUT2D eigenvalue weighted by Gasteiger charge is 2.17. The van der Waals surface area contributed by atoms with Gasteiger partial charge in [-0.25, -0.2) is 0 Å². The van der Waals surface area contributed by atoms with Gasteiger partial charge in [0.05, 0.1) is 6.61 Å². The Morgan fingerprint density at radius 3 is 0.986 bits per heavy atom. The number of allylic oxidation sites excluding steroid dienone is 10. The van der Waals surface area contributed by atoms with Crippen molar-refractivity contribution in [3.8, 4) is 0 Å². The zero-order chi connectivity index (χ0) is 50.6. The van der Waals surface area contributed by atoms with Crippen LogP contribution < -0.4 is 0 Å². The summed E-state index contributed by atoms with van der Waals surface area (Å²) in [5, 5.41) is 0. The van der Waals surface area contributed by atoms with E-state index in [1.807, 2.05) is 0 Å². The highest BCUT2D eigenvalue weighted by molar-refractivity contribution is 5.70. The fraction of sp³-hybridized carbons (Fsp3) is 0.815. The molecule has 0 N–H and O–H groups in total. The van der Waals surface area contributed by atoms with Gasteiger partial charge in [-0.1, -0.05) is 274 Å². The lowest BCUT2D eigenvalue weighted by molar-refractivity contribution is -0.163. The first-order valence-corrected chi connectivity index (χ1v) is 30.8. The molecule has 0 aromatic carbocycles. The number of ether oxygens (including phenoxy) is 3. The maximum absolute atomic E-state index is 12.9. The monoisotopic (exact) mass is 979 g/mol. The molecule has 0 aliphatic rings. The Labute approximate surface area is 436 Å². The molecule has 0 aromatic rings. The van der Waals surface area contributed by atoms with Gasteiger partial charge >= 0.3 is 11.9 Å². The van der Waals surface area contributed by atoms with Crippen molar-refractivity contribution in [2.24, 2.45) is 0 Å². The average Bonchev–Trinajstić information content (AvgIpc) is 3.36. The Morgan fingerprint density at radius 2 is 0.600 bits per heavy atom. The molecule has 1 unspecified atom stereocenters. The quantitative estimate of drug-likeness (QED) is 0.0345. The predicted molar refractivity (Wildman–Crippen MR) is 307 cm³/mol. The number of esters is 2. The van der Waals surface area contributed by atoms with Gasteiger partial charge in [0.15, 0.2) is 6.10 Å². The molecule has 0 aliphatic heterocycles. The van der Waals surface area contributed by atoms with E-state index < -0.39 is 6.10 Å². The molecular weight excluding hydrogens is 861 g/mol. The number of hydrogen-bond donors (Lipinski definition) is 0. The lowest BCUT2D eigenvalue weighted by Crippen LogP contribution is -2.30. The summed E-state index contributed by atoms with van der Waals surface area (Å²) in [4.78, 5) is 25.6. The first-order chi connectivity index (χ1) is 34.6. The zero-order valence-corrected chi connectivity index (χ0v) is 47.0. The minimum Gasteiger partial charge on any atom is -0.462 e. The molecule has 0 aromatic heterocycles. The Morgan fingerprint density at radius 1 is 0.314 bits per heavy atom. The summed E-state index contributed by atoms with van der Waals surface area (Å²) in [5.41, 5.74) is 0. The molecule has 0 radical (unpaired) electrons. The lowest BCUT2D eigenvalue weighted by Gasteiger charge is -2.18. The van der Waals surface area contributed by atoms with E-state index in [-0.39, 0.29) is 25.2 Å². The van der Waals surface area contributed by atoms with Gasteiger partial charge in [-0.3, -0.25) is 9.59 Å². The van der Waals surface area contributed by atoms with Gasteiger partial charge in [0.25, 0.3) is 0 Å². The summed E-state index contributed by atoms with van der Waals surface area (Å²) < 4.78 is 17.5. The van der Waals surface area contributed by atoms with E-state index in [4.69, 9.17) is 14.2 Å². The highest BCUT2D eigenvalue weighted by Crippen LogP contribution is 2.16. The second kappa shape index (κ2) is 60.9. The second-order valence-electron chi connectivity index (χ2n) is 20.6. The summed E-state index contributed by atoms with van der Waals surface area (Å²) in [6.45, 7) is 7.80. The van der Waals surface area contributed by atoms with E-state index >= 15 is 0 Å². The van der Waals surface area contributed by atoms with Gasteiger partial charge in [0, 0.05) is 19.4 Å². The van der Waals surface area contributed by atoms with Crippen LogP contribution in [0.5, 0.6) is 0 Å². The smallest absolute Gasteiger partial charge is 0.306 e. The van der Waals surface area contributed by atoms with Crippen LogP contribution >= 0.6 is 0 Å². The number of carbonyl (C=O) groups excluding carboxylic acids is 2. The topological polar surface area (TPSA) is 61.8 Å². The molecule has 0 fully saturated rings. The first kappa shape index (κ1) is 67.6. The highest BCUT2D eigenvalue weighted by atomic mass is 16.6. The predicted octanol–water partition coefficient (Wildman–Crippen LogP) is 21.2. The largest absolute Gasteiger partial charge is 0.462 e. The van der Waals surface area contributed by atoms with E-state index in [1.165, 1.54) is 218 Å². The van der Waals surface area contributed by atoms with E-state index in [9.17, 15) is 9.59 Å². The summed E-state index contributed by atoms with van der Waals surface area (Å²) >= 11 is 0. The SMILES string of the molecule is CCCCC/C=C\C/C=C\C/C=C\CCCCCCCCCOCC(COC(=O)CCCCCCCCC/C=C\C/C=C\CCCCC)OC(=O)CCCCCCCCCCCCCCCCCCC. The Kier molecular flexibility index (Phi) is 58.8. The third-order valence-electron chi connectivity index (χ3n) is 13.5. The maximum atomic E-state index is 12.9. The molecule has 0 rings (SSSR count). The molecular formula is C65H118O5. The maximum Gasteiger partial charge on any atom is 0.306 e. The molecule has 408 valence electrons. The molecule has 0 heterocycles. The minimum atomic E-state index is -0.545. The normalized spacial score (nSPS) is 12.6. The Hall–Kier alpha value is -2.40. The third kappa shape index (κ3) is 58.2. The molecule has 0 saturated carbocycles. The summed E-state index contributed by atoms with van der Waals surface area (Å²) in [6, 6.07) is 0. The van der Waals surface area contributed by atoms with E-state index in [0.717, 1.165) is 64.2 Å². The van der Waals surface area contributed by atoms with E-state index in [0.29, 0.717) is 19.4 Å². The van der Waals surface area contributed by atoms with Gasteiger partial charge in [0.1, 0.15) is 6.61 Å². The van der Waals surface area contributed by atoms with Crippen LogP contribution in [0.25, 0.3) is 0 Å². The van der Waals surface area contributed by atoms with Crippen molar-refractivity contribution in [1.82, 2.24) is 0 Å². The van der Waals surface area contributed by atoms with Crippen LogP contribution in [-0.4, -0.2) is 37.9 Å². The number of unbranched alkanes of at least 4 members (excludes halogenated alkanes) is 36. The van der Waals surface area contributed by atoms with Crippen molar-refractivity contribution < 1.29 is 23.8 Å². The van der Waals surface area contributed by atoms with Crippen LogP contribution in [0.15, 0.2) is 60.8 Å². The van der Waals surface area contributed by atoms with Crippen molar-refractivity contribution in [3.05, 3.63) is 60.8 Å². The van der Waals surface area contributed by atoms with Crippen LogP contribution in [0.4, 0.5) is 0 Å². The fourth-order valence-electron chi connectivity index (χ4n) is 8.90. The van der Waals surface area contributed by atoms with Crippen LogP contribution in [0.1, 0.15) is 316 Å². The Bertz CT molecular complexity index is 1200. The number of carbonyl (C=O) groups is 2. The van der Waals surface area contributed by atoms with Gasteiger partial charge in [-0.15, -0.1) is 0 Å². The first-order valence-electron chi connectivity index (χ1n) is 30.8. The molecule has 5 nitrogen and oxygen atoms in total. The van der Waals surface area contributed by atoms with Gasteiger partial charge < -0.3 is 14.2 Å². The molecule has 0 bridgehead atoms. The van der Waals surface area contributed by atoms with Crippen LogP contribution in [-0.2, 0) is 23.8 Å². The molecule has 0 saturated heterocycles. The van der Waals surface area contributed by atoms with E-state index in [1.54, 1.807) is 0 Å². The van der Waals surface area contributed by atoms with Crippen LogP contribution in [0.3, 0.4) is 0 Å². The second-order valence-corrected chi connectivity index (χ2v) is 20.6. The molecule has 0 aliphatic carbocycles. The van der Waals surface area contributed by atoms with Crippen molar-refractivity contribution in [2.45, 2.75) is 322 Å². The lowest BCUT2D eigenvalue weighted by atomic mass is 10.0. The molecule has 0 amide bonds. The molecule has 70 heavy (non-hydrogen) atoms. The molecule has 5 heteroatoms. The fourth-order valence-corrected chi connectivity index (χ4v) is 8.90. The molecule has 1 atom stereocenters. The van der Waals surface area contributed by atoms with Crippen molar-refractivity contribution in [1.29, 1.82) is 0 Å². The summed E-state index contributed by atoms with van der Waals surface area (Å²) in [6.07, 6.45) is 78.2. The number of rotatable bonds is 57. The summed E-state index contributed by atoms with van der Waals surface area (Å²) in [7, 11) is 0. The van der Waals surface area contributed by atoms with Crippen molar-refractivity contribution in [3.63, 3.8) is 0 Å². The van der Waals surface area contributed by atoms with Gasteiger partial charge in [0.2, 0.25) is 0 Å². The van der Waals surface area contributed by atoms with Crippen LogP contribution in [0, 0.1) is 0 Å². The van der Waals surface area contributed by atoms with Gasteiger partial charge in [-0.05, 0) is 89.9 Å². The van der Waals surface area contributed by atoms with E-state index in [2.05, 4.69) is 81.5 Å².